The summed E-state index contributed by atoms with van der Waals surface area (Å²) in [5.41, 5.74) is 0.551. The number of para-hydroxylation sites is 1. The molecular formula is C24H18N2O5S. The molecule has 2 amide bonds. The zero-order valence-corrected chi connectivity index (χ0v) is 17.8. The fraction of sp³-hybridized carbons (Fsp3) is 0.0417. The summed E-state index contributed by atoms with van der Waals surface area (Å²) >= 11 is 5.23. The number of nitrogens with one attached hydrogen (secondary N) is 1. The number of rotatable bonds is 5. The van der Waals surface area contributed by atoms with Crippen LogP contribution in [0.25, 0.3) is 6.08 Å². The summed E-state index contributed by atoms with van der Waals surface area (Å²) < 4.78 is 10.9. The quantitative estimate of drug-likeness (QED) is 0.350. The van der Waals surface area contributed by atoms with Crippen LogP contribution in [0, 0.1) is 0 Å². The van der Waals surface area contributed by atoms with Crippen molar-refractivity contribution < 1.29 is 24.2 Å². The highest BCUT2D eigenvalue weighted by molar-refractivity contribution is 7.80. The fourth-order valence-electron chi connectivity index (χ4n) is 3.11. The van der Waals surface area contributed by atoms with Crippen LogP contribution in [0.3, 0.4) is 0 Å². The third-order valence-corrected chi connectivity index (χ3v) is 4.99. The molecule has 3 aromatic carbocycles. The van der Waals surface area contributed by atoms with Crippen LogP contribution in [-0.4, -0.2) is 29.1 Å². The Kier molecular flexibility index (Phi) is 5.87. The number of nitrogens with zero attached hydrogens (tertiary/aromatic N) is 1. The van der Waals surface area contributed by atoms with E-state index in [4.69, 9.17) is 21.7 Å². The Morgan fingerprint density at radius 1 is 0.938 bits per heavy atom. The number of ether oxygens (including phenoxy) is 2. The van der Waals surface area contributed by atoms with Crippen molar-refractivity contribution in [1.82, 2.24) is 5.32 Å². The molecule has 0 unspecified atom stereocenters. The SMILES string of the molecule is COc1ccc(O)c(C=C2C(=O)NC(=S)N(c3ccc(Oc4ccccc4)cc3)C2=O)c1. The van der Waals surface area contributed by atoms with Crippen molar-refractivity contribution in [2.75, 3.05) is 12.0 Å². The van der Waals surface area contributed by atoms with Crippen LogP contribution in [-0.2, 0) is 9.59 Å². The van der Waals surface area contributed by atoms with Gasteiger partial charge in [0.05, 0.1) is 12.8 Å². The first kappa shape index (κ1) is 21.1. The predicted molar refractivity (Wildman–Crippen MR) is 124 cm³/mol. The number of hydrogen-bond donors (Lipinski definition) is 2. The first-order valence-corrected chi connectivity index (χ1v) is 9.98. The van der Waals surface area contributed by atoms with Crippen molar-refractivity contribution >= 4 is 40.9 Å². The van der Waals surface area contributed by atoms with Crippen LogP contribution in [0.2, 0.25) is 0 Å². The molecule has 0 aromatic heterocycles. The highest BCUT2D eigenvalue weighted by Gasteiger charge is 2.34. The molecule has 3 aromatic rings. The molecule has 2 N–H and O–H groups in total. The van der Waals surface area contributed by atoms with Crippen molar-refractivity contribution in [2.45, 2.75) is 0 Å². The van der Waals surface area contributed by atoms with Gasteiger partial charge in [-0.2, -0.15) is 0 Å². The molecule has 4 rings (SSSR count). The van der Waals surface area contributed by atoms with E-state index in [1.165, 1.54) is 30.2 Å². The van der Waals surface area contributed by atoms with Gasteiger partial charge < -0.3 is 14.6 Å². The average Bonchev–Trinajstić information content (AvgIpc) is 2.79. The van der Waals surface area contributed by atoms with Crippen LogP contribution in [0.5, 0.6) is 23.0 Å². The lowest BCUT2D eigenvalue weighted by molar-refractivity contribution is -0.122. The molecule has 0 atom stereocenters. The molecule has 0 bridgehead atoms. The Labute approximate surface area is 189 Å². The zero-order valence-electron chi connectivity index (χ0n) is 16.9. The maximum Gasteiger partial charge on any atom is 0.270 e. The molecule has 1 heterocycles. The molecule has 7 nitrogen and oxygen atoms in total. The molecule has 0 saturated carbocycles. The second-order valence-corrected chi connectivity index (χ2v) is 7.18. The summed E-state index contributed by atoms with van der Waals surface area (Å²) in [6, 6.07) is 20.5. The molecule has 1 aliphatic heterocycles. The summed E-state index contributed by atoms with van der Waals surface area (Å²) in [4.78, 5) is 26.8. The predicted octanol–water partition coefficient (Wildman–Crippen LogP) is 4.02. The number of phenols is 1. The summed E-state index contributed by atoms with van der Waals surface area (Å²) in [7, 11) is 1.48. The van der Waals surface area contributed by atoms with Gasteiger partial charge in [-0.1, -0.05) is 18.2 Å². The summed E-state index contributed by atoms with van der Waals surface area (Å²) in [6.07, 6.45) is 1.30. The second kappa shape index (κ2) is 8.91. The van der Waals surface area contributed by atoms with Crippen molar-refractivity contribution in [2.24, 2.45) is 0 Å². The average molecular weight is 446 g/mol. The van der Waals surface area contributed by atoms with Gasteiger partial charge in [0.25, 0.3) is 11.8 Å². The number of phenolic OH excluding ortho intramolecular Hbond substituents is 1. The number of carbonyl (C=O) groups excluding carboxylic acids is 2. The Balaban J connectivity index is 1.62. The van der Waals surface area contributed by atoms with Gasteiger partial charge in [0, 0.05) is 5.56 Å². The maximum atomic E-state index is 13.2. The van der Waals surface area contributed by atoms with Gasteiger partial charge in [0.15, 0.2) is 5.11 Å². The second-order valence-electron chi connectivity index (χ2n) is 6.79. The van der Waals surface area contributed by atoms with E-state index in [1.807, 2.05) is 30.3 Å². The number of carbonyl (C=O) groups is 2. The minimum absolute atomic E-state index is 0.0382. The lowest BCUT2D eigenvalue weighted by atomic mass is 10.1. The Hall–Kier alpha value is -4.17. The lowest BCUT2D eigenvalue weighted by Crippen LogP contribution is -2.54. The van der Waals surface area contributed by atoms with Crippen LogP contribution < -0.4 is 19.7 Å². The van der Waals surface area contributed by atoms with E-state index in [9.17, 15) is 14.7 Å². The Bertz CT molecular complexity index is 1220. The third-order valence-electron chi connectivity index (χ3n) is 4.71. The standard InChI is InChI=1S/C24H18N2O5S/c1-30-19-11-12-21(27)15(13-19)14-20-22(28)25-24(32)26(23(20)29)16-7-9-18(10-8-16)31-17-5-3-2-4-6-17/h2-14,27H,1H3,(H,25,28,32). The first-order chi connectivity index (χ1) is 15.5. The van der Waals surface area contributed by atoms with Crippen LogP contribution in [0.1, 0.15) is 5.56 Å². The number of benzene rings is 3. The van der Waals surface area contributed by atoms with Crippen molar-refractivity contribution in [1.29, 1.82) is 0 Å². The minimum Gasteiger partial charge on any atom is -0.507 e. The van der Waals surface area contributed by atoms with E-state index in [1.54, 1.807) is 30.3 Å². The maximum absolute atomic E-state index is 13.2. The van der Waals surface area contributed by atoms with Crippen LogP contribution >= 0.6 is 12.2 Å². The topological polar surface area (TPSA) is 88.1 Å². The molecule has 160 valence electrons. The number of thiocarbonyl (C=S) groups is 1. The van der Waals surface area contributed by atoms with Crippen molar-refractivity contribution in [3.63, 3.8) is 0 Å². The number of amides is 2. The third kappa shape index (κ3) is 4.30. The van der Waals surface area contributed by atoms with Gasteiger partial charge in [0.2, 0.25) is 0 Å². The van der Waals surface area contributed by atoms with Crippen LogP contribution in [0.4, 0.5) is 5.69 Å². The van der Waals surface area contributed by atoms with E-state index < -0.39 is 11.8 Å². The highest BCUT2D eigenvalue weighted by atomic mass is 32.1. The molecule has 8 heteroatoms. The number of methoxy groups -OCH3 is 1. The number of anilines is 1. The van der Waals surface area contributed by atoms with Gasteiger partial charge in [-0.25, -0.2) is 0 Å². The van der Waals surface area contributed by atoms with Crippen molar-refractivity contribution in [3.05, 3.63) is 83.9 Å². The lowest BCUT2D eigenvalue weighted by Gasteiger charge is -2.29. The van der Waals surface area contributed by atoms with Gasteiger partial charge in [-0.3, -0.25) is 19.8 Å². The van der Waals surface area contributed by atoms with E-state index in [0.29, 0.717) is 22.9 Å². The summed E-state index contributed by atoms with van der Waals surface area (Å²) in [5, 5.41) is 12.6. The first-order valence-electron chi connectivity index (χ1n) is 9.57. The van der Waals surface area contributed by atoms with Crippen LogP contribution in [0.15, 0.2) is 78.4 Å². The molecule has 1 fully saturated rings. The molecule has 0 spiro atoms. The highest BCUT2D eigenvalue weighted by Crippen LogP contribution is 2.29. The largest absolute Gasteiger partial charge is 0.507 e. The Morgan fingerprint density at radius 2 is 1.59 bits per heavy atom. The van der Waals surface area contributed by atoms with E-state index in [-0.39, 0.29) is 22.0 Å². The molecule has 0 radical (unpaired) electrons. The number of aromatic hydroxyl groups is 1. The smallest absolute Gasteiger partial charge is 0.270 e. The molecule has 0 aliphatic carbocycles. The van der Waals surface area contributed by atoms with E-state index in [0.717, 1.165) is 0 Å². The molecule has 1 saturated heterocycles. The van der Waals surface area contributed by atoms with Crippen molar-refractivity contribution in [3.8, 4) is 23.0 Å². The van der Waals surface area contributed by atoms with Gasteiger partial charge in [-0.05, 0) is 72.9 Å². The number of hydrogen-bond acceptors (Lipinski definition) is 6. The molecular weight excluding hydrogens is 428 g/mol. The Morgan fingerprint density at radius 3 is 2.28 bits per heavy atom. The normalized spacial score (nSPS) is 15.0. The fourth-order valence-corrected chi connectivity index (χ4v) is 3.39. The van der Waals surface area contributed by atoms with Gasteiger partial charge in [-0.15, -0.1) is 0 Å². The van der Waals surface area contributed by atoms with Gasteiger partial charge >= 0.3 is 0 Å². The molecule has 32 heavy (non-hydrogen) atoms. The minimum atomic E-state index is -0.650. The molecule has 1 aliphatic rings. The van der Waals surface area contributed by atoms with Gasteiger partial charge in [0.1, 0.15) is 28.6 Å². The summed E-state index contributed by atoms with van der Waals surface area (Å²) in [6.45, 7) is 0. The van der Waals surface area contributed by atoms with E-state index in [2.05, 4.69) is 5.32 Å². The monoisotopic (exact) mass is 446 g/mol. The van der Waals surface area contributed by atoms with E-state index >= 15 is 0 Å². The summed E-state index contributed by atoms with van der Waals surface area (Å²) in [5.74, 6) is 0.373. The zero-order chi connectivity index (χ0) is 22.7.